The summed E-state index contributed by atoms with van der Waals surface area (Å²) in [5.74, 6) is -3.77. The average Bonchev–Trinajstić information content (AvgIpc) is 3.13. The Labute approximate surface area is 175 Å². The van der Waals surface area contributed by atoms with Gasteiger partial charge in [-0.1, -0.05) is 6.92 Å². The van der Waals surface area contributed by atoms with E-state index in [-0.39, 0.29) is 16.6 Å². The zero-order chi connectivity index (χ0) is 22.1. The molecule has 11 heteroatoms. The lowest BCUT2D eigenvalue weighted by Gasteiger charge is -2.12. The van der Waals surface area contributed by atoms with Crippen LogP contribution in [-0.4, -0.2) is 34.7 Å². The summed E-state index contributed by atoms with van der Waals surface area (Å²) in [5.41, 5.74) is 0.510. The second-order valence-corrected chi connectivity index (χ2v) is 9.80. The zero-order valence-electron chi connectivity index (χ0n) is 15.9. The van der Waals surface area contributed by atoms with Crippen molar-refractivity contribution in [2.45, 2.75) is 29.8 Å². The van der Waals surface area contributed by atoms with Crippen molar-refractivity contribution < 1.29 is 26.0 Å². The summed E-state index contributed by atoms with van der Waals surface area (Å²) in [6.07, 6.45) is 0. The van der Waals surface area contributed by atoms with Gasteiger partial charge in [-0.25, -0.2) is 26.9 Å². The van der Waals surface area contributed by atoms with Crippen LogP contribution in [0, 0.1) is 11.6 Å². The standard InChI is InChI=1S/C19H17F4N3O2S2/c1-3-29-11(2)18-24-17(12-8-13(20)10-14(21)9-12)25-26(18)15-4-6-16(7-5-15)30(27,28)19(22)23/h4-11,19H,3H2,1-2H3. The highest BCUT2D eigenvalue weighted by molar-refractivity contribution is 7.99. The van der Waals surface area contributed by atoms with Gasteiger partial charge in [0.15, 0.2) is 5.82 Å². The Bertz CT molecular complexity index is 1130. The minimum absolute atomic E-state index is 0.0798. The number of thioether (sulfide) groups is 1. The van der Waals surface area contributed by atoms with Gasteiger partial charge in [-0.3, -0.25) is 0 Å². The van der Waals surface area contributed by atoms with Gasteiger partial charge in [-0.2, -0.15) is 20.5 Å². The molecule has 0 aliphatic heterocycles. The number of hydrogen-bond acceptors (Lipinski definition) is 5. The van der Waals surface area contributed by atoms with Gasteiger partial charge in [-0.05, 0) is 49.1 Å². The van der Waals surface area contributed by atoms with Crippen molar-refractivity contribution in [3.8, 4) is 17.1 Å². The zero-order valence-corrected chi connectivity index (χ0v) is 17.5. The van der Waals surface area contributed by atoms with Crippen LogP contribution in [0.2, 0.25) is 0 Å². The van der Waals surface area contributed by atoms with E-state index >= 15 is 0 Å². The molecule has 1 aromatic heterocycles. The minimum atomic E-state index is -4.72. The number of aromatic nitrogens is 3. The number of alkyl halides is 2. The average molecular weight is 459 g/mol. The molecule has 5 nitrogen and oxygen atoms in total. The SMILES string of the molecule is CCSC(C)c1nc(-c2cc(F)cc(F)c2)nn1-c1ccc(S(=O)(=O)C(F)F)cc1. The van der Waals surface area contributed by atoms with E-state index in [1.807, 2.05) is 13.8 Å². The van der Waals surface area contributed by atoms with Crippen LogP contribution in [0.4, 0.5) is 17.6 Å². The van der Waals surface area contributed by atoms with Crippen LogP contribution < -0.4 is 0 Å². The van der Waals surface area contributed by atoms with Crippen molar-refractivity contribution in [3.63, 3.8) is 0 Å². The molecule has 3 rings (SSSR count). The monoisotopic (exact) mass is 459 g/mol. The molecule has 0 N–H and O–H groups in total. The number of nitrogens with zero attached hydrogens (tertiary/aromatic N) is 3. The fraction of sp³-hybridized carbons (Fsp3) is 0.263. The highest BCUT2D eigenvalue weighted by atomic mass is 32.2. The van der Waals surface area contributed by atoms with E-state index in [0.717, 1.165) is 36.1 Å². The Morgan fingerprint density at radius 1 is 1.07 bits per heavy atom. The lowest BCUT2D eigenvalue weighted by Crippen LogP contribution is -2.11. The smallest absolute Gasteiger partial charge is 0.218 e. The van der Waals surface area contributed by atoms with Crippen LogP contribution in [0.3, 0.4) is 0 Å². The van der Waals surface area contributed by atoms with Crippen LogP contribution in [0.15, 0.2) is 47.4 Å². The fourth-order valence-electron chi connectivity index (χ4n) is 2.79. The Morgan fingerprint density at radius 2 is 1.67 bits per heavy atom. The summed E-state index contributed by atoms with van der Waals surface area (Å²) in [6, 6.07) is 7.70. The lowest BCUT2D eigenvalue weighted by molar-refractivity contribution is 0.234. The molecule has 1 atom stereocenters. The van der Waals surface area contributed by atoms with E-state index in [9.17, 15) is 26.0 Å². The topological polar surface area (TPSA) is 64.8 Å². The maximum absolute atomic E-state index is 13.6. The first-order valence-electron chi connectivity index (χ1n) is 8.81. The molecule has 3 aromatic rings. The number of benzene rings is 2. The van der Waals surface area contributed by atoms with Crippen LogP contribution >= 0.6 is 11.8 Å². The predicted octanol–water partition coefficient (Wildman–Crippen LogP) is 5.02. The third-order valence-corrected chi connectivity index (χ3v) is 6.62. The molecule has 0 fully saturated rings. The third kappa shape index (κ3) is 4.51. The second-order valence-electron chi connectivity index (χ2n) is 6.26. The Balaban J connectivity index is 2.10. The second kappa shape index (κ2) is 8.76. The van der Waals surface area contributed by atoms with Gasteiger partial charge in [0.1, 0.15) is 17.5 Å². The molecule has 2 aromatic carbocycles. The van der Waals surface area contributed by atoms with Gasteiger partial charge in [-0.15, -0.1) is 5.10 Å². The van der Waals surface area contributed by atoms with Crippen molar-refractivity contribution >= 4 is 21.6 Å². The summed E-state index contributed by atoms with van der Waals surface area (Å²) in [7, 11) is -4.72. The molecule has 0 radical (unpaired) electrons. The van der Waals surface area contributed by atoms with Crippen molar-refractivity contribution in [3.05, 3.63) is 59.9 Å². The van der Waals surface area contributed by atoms with Gasteiger partial charge in [0.25, 0.3) is 0 Å². The number of hydrogen-bond donors (Lipinski definition) is 0. The lowest BCUT2D eigenvalue weighted by atomic mass is 10.2. The molecule has 0 saturated carbocycles. The van der Waals surface area contributed by atoms with E-state index in [4.69, 9.17) is 0 Å². The van der Waals surface area contributed by atoms with Gasteiger partial charge in [0.05, 0.1) is 15.8 Å². The third-order valence-electron chi connectivity index (χ3n) is 4.18. The molecule has 160 valence electrons. The predicted molar refractivity (Wildman–Crippen MR) is 106 cm³/mol. The van der Waals surface area contributed by atoms with Gasteiger partial charge >= 0.3 is 5.76 Å². The molecule has 0 spiro atoms. The van der Waals surface area contributed by atoms with E-state index in [1.54, 1.807) is 11.8 Å². The Hall–Kier alpha value is -2.40. The first kappa shape index (κ1) is 22.3. The van der Waals surface area contributed by atoms with Gasteiger partial charge in [0, 0.05) is 11.6 Å². The van der Waals surface area contributed by atoms with Crippen molar-refractivity contribution in [1.29, 1.82) is 0 Å². The maximum atomic E-state index is 13.6. The normalized spacial score (nSPS) is 13.0. The first-order valence-corrected chi connectivity index (χ1v) is 11.4. The molecule has 0 bridgehead atoms. The summed E-state index contributed by atoms with van der Waals surface area (Å²) in [5, 5.41) is 4.17. The first-order chi connectivity index (χ1) is 14.1. The molecule has 0 aliphatic rings. The molecule has 0 saturated heterocycles. The minimum Gasteiger partial charge on any atom is -0.218 e. The number of sulfone groups is 1. The highest BCUT2D eigenvalue weighted by Gasteiger charge is 2.27. The number of halogens is 4. The summed E-state index contributed by atoms with van der Waals surface area (Å²) < 4.78 is 77.4. The van der Waals surface area contributed by atoms with Crippen LogP contribution in [0.5, 0.6) is 0 Å². The summed E-state index contributed by atoms with van der Waals surface area (Å²) in [6.45, 7) is 3.83. The van der Waals surface area contributed by atoms with E-state index < -0.39 is 32.1 Å². The van der Waals surface area contributed by atoms with Gasteiger partial charge < -0.3 is 0 Å². The Morgan fingerprint density at radius 3 is 2.20 bits per heavy atom. The van der Waals surface area contributed by atoms with E-state index in [1.165, 1.54) is 16.8 Å². The molecule has 0 amide bonds. The largest absolute Gasteiger partial charge is 0.341 e. The molecule has 0 aliphatic carbocycles. The van der Waals surface area contributed by atoms with Crippen LogP contribution in [0.1, 0.15) is 24.9 Å². The number of rotatable bonds is 7. The van der Waals surface area contributed by atoms with Gasteiger partial charge in [0.2, 0.25) is 9.84 Å². The van der Waals surface area contributed by atoms with Crippen LogP contribution in [-0.2, 0) is 9.84 Å². The molecular weight excluding hydrogens is 442 g/mol. The van der Waals surface area contributed by atoms with Crippen molar-refractivity contribution in [2.75, 3.05) is 5.75 Å². The van der Waals surface area contributed by atoms with E-state index in [0.29, 0.717) is 11.5 Å². The molecule has 1 heterocycles. The summed E-state index contributed by atoms with van der Waals surface area (Å²) in [4.78, 5) is 3.89. The summed E-state index contributed by atoms with van der Waals surface area (Å²) >= 11 is 1.55. The van der Waals surface area contributed by atoms with E-state index in [2.05, 4.69) is 10.1 Å². The Kier molecular flexibility index (Phi) is 6.51. The van der Waals surface area contributed by atoms with Crippen molar-refractivity contribution in [2.24, 2.45) is 0 Å². The molecule has 1 unspecified atom stereocenters. The molecular formula is C19H17F4N3O2S2. The quantitative estimate of drug-likeness (QED) is 0.464. The molecule has 30 heavy (non-hydrogen) atoms. The highest BCUT2D eigenvalue weighted by Crippen LogP contribution is 2.31. The van der Waals surface area contributed by atoms with Crippen molar-refractivity contribution in [1.82, 2.24) is 14.8 Å². The fourth-order valence-corrected chi connectivity index (χ4v) is 4.31. The maximum Gasteiger partial charge on any atom is 0.341 e. The van der Waals surface area contributed by atoms with Crippen LogP contribution in [0.25, 0.3) is 17.1 Å².